The summed E-state index contributed by atoms with van der Waals surface area (Å²) in [5, 5.41) is 19.4. The number of nitro groups is 1. The molecule has 0 radical (unpaired) electrons. The molecule has 0 bridgehead atoms. The van der Waals surface area contributed by atoms with Crippen molar-refractivity contribution in [3.05, 3.63) is 34.4 Å². The number of carbonyl (C=O) groups is 1. The molecule has 0 spiro atoms. The van der Waals surface area contributed by atoms with Crippen LogP contribution in [-0.2, 0) is 15.6 Å². The zero-order valence-electron chi connectivity index (χ0n) is 9.95. The number of nitro benzene ring substituents is 1. The fourth-order valence-electron chi connectivity index (χ4n) is 1.19. The number of aliphatic carboxylic acids is 1. The van der Waals surface area contributed by atoms with Crippen molar-refractivity contribution >= 4 is 22.5 Å². The van der Waals surface area contributed by atoms with E-state index in [0.29, 0.717) is 4.90 Å². The first-order chi connectivity index (χ1) is 8.24. The maximum atomic E-state index is 11.9. The van der Waals surface area contributed by atoms with Crippen LogP contribution in [0.1, 0.15) is 13.8 Å². The van der Waals surface area contributed by atoms with Crippen LogP contribution in [0.3, 0.4) is 0 Å². The van der Waals surface area contributed by atoms with Crippen LogP contribution in [-0.4, -0.2) is 26.0 Å². The van der Waals surface area contributed by atoms with Gasteiger partial charge in [-0.15, -0.1) is 0 Å². The van der Waals surface area contributed by atoms with Crippen LogP contribution >= 0.6 is 0 Å². The van der Waals surface area contributed by atoms with Gasteiger partial charge in [-0.05, 0) is 26.0 Å². The Kier molecular flexibility index (Phi) is 4.18. The molecule has 0 aromatic heterocycles. The molecular weight excluding hydrogens is 258 g/mol. The largest absolute Gasteiger partial charge is 0.481 e. The smallest absolute Gasteiger partial charge is 0.310 e. The number of carboxylic acid groups (broad SMARTS) is 1. The molecule has 0 fully saturated rings. The number of carboxylic acids is 1. The molecular formula is C11H13NO5S. The molecule has 1 aromatic carbocycles. The molecule has 1 rings (SSSR count). The Morgan fingerprint density at radius 3 is 2.28 bits per heavy atom. The Labute approximate surface area is 106 Å². The highest BCUT2D eigenvalue weighted by Crippen LogP contribution is 2.21. The Morgan fingerprint density at radius 1 is 1.39 bits per heavy atom. The first-order valence-electron chi connectivity index (χ1n) is 5.10. The minimum Gasteiger partial charge on any atom is -0.481 e. The Bertz CT molecular complexity index is 495. The molecule has 1 aromatic rings. The van der Waals surface area contributed by atoms with Crippen molar-refractivity contribution in [2.75, 3.05) is 5.75 Å². The second kappa shape index (κ2) is 5.26. The lowest BCUT2D eigenvalue weighted by atomic mass is 9.97. The van der Waals surface area contributed by atoms with Gasteiger partial charge in [0.25, 0.3) is 5.69 Å². The van der Waals surface area contributed by atoms with Crippen molar-refractivity contribution in [3.63, 3.8) is 0 Å². The highest BCUT2D eigenvalue weighted by molar-refractivity contribution is 7.85. The van der Waals surface area contributed by atoms with Crippen LogP contribution < -0.4 is 0 Å². The highest BCUT2D eigenvalue weighted by Gasteiger charge is 2.30. The summed E-state index contributed by atoms with van der Waals surface area (Å²) >= 11 is 0. The van der Waals surface area contributed by atoms with Gasteiger partial charge in [0.15, 0.2) is 0 Å². The summed E-state index contributed by atoms with van der Waals surface area (Å²) in [7, 11) is -1.50. The average molecular weight is 271 g/mol. The fraction of sp³-hybridized carbons (Fsp3) is 0.364. The van der Waals surface area contributed by atoms with Gasteiger partial charge in [0.05, 0.1) is 21.1 Å². The molecule has 0 saturated carbocycles. The van der Waals surface area contributed by atoms with Crippen LogP contribution in [0.25, 0.3) is 0 Å². The van der Waals surface area contributed by atoms with Crippen LogP contribution in [0.5, 0.6) is 0 Å². The van der Waals surface area contributed by atoms with Crippen LogP contribution in [0.2, 0.25) is 0 Å². The molecule has 0 saturated heterocycles. The third kappa shape index (κ3) is 3.36. The van der Waals surface area contributed by atoms with E-state index in [2.05, 4.69) is 0 Å². The Hall–Kier alpha value is -1.76. The van der Waals surface area contributed by atoms with Crippen LogP contribution in [0, 0.1) is 15.5 Å². The van der Waals surface area contributed by atoms with Gasteiger partial charge in [-0.2, -0.15) is 0 Å². The number of rotatable bonds is 5. The standard InChI is InChI=1S/C11H13NO5S/c1-11(2,10(13)14)7-18(17)9-5-3-8(4-6-9)12(15)16/h3-6H,7H2,1-2H3,(H,13,14). The summed E-state index contributed by atoms with van der Waals surface area (Å²) in [5.74, 6) is -1.07. The van der Waals surface area contributed by atoms with Gasteiger partial charge in [0.1, 0.15) is 0 Å². The molecule has 7 heteroatoms. The third-order valence-electron chi connectivity index (χ3n) is 2.38. The number of nitrogens with zero attached hydrogens (tertiary/aromatic N) is 1. The van der Waals surface area contributed by atoms with Gasteiger partial charge in [-0.25, -0.2) is 0 Å². The van der Waals surface area contributed by atoms with E-state index in [1.165, 1.54) is 38.1 Å². The minimum atomic E-state index is -1.50. The third-order valence-corrected chi connectivity index (χ3v) is 4.16. The van der Waals surface area contributed by atoms with E-state index in [0.717, 1.165) is 0 Å². The quantitative estimate of drug-likeness (QED) is 0.650. The summed E-state index contributed by atoms with van der Waals surface area (Å²) in [4.78, 5) is 21.2. The summed E-state index contributed by atoms with van der Waals surface area (Å²) in [6.07, 6.45) is 0. The zero-order chi connectivity index (χ0) is 13.9. The molecule has 18 heavy (non-hydrogen) atoms. The minimum absolute atomic E-state index is 0.0415. The Balaban J connectivity index is 2.86. The summed E-state index contributed by atoms with van der Waals surface area (Å²) in [6, 6.07) is 5.26. The number of hydrogen-bond donors (Lipinski definition) is 1. The first kappa shape index (κ1) is 14.3. The molecule has 0 amide bonds. The lowest BCUT2D eigenvalue weighted by Crippen LogP contribution is -2.30. The topological polar surface area (TPSA) is 97.5 Å². The zero-order valence-corrected chi connectivity index (χ0v) is 10.8. The predicted molar refractivity (Wildman–Crippen MR) is 65.8 cm³/mol. The maximum absolute atomic E-state index is 11.9. The lowest BCUT2D eigenvalue weighted by Gasteiger charge is -2.17. The van der Waals surface area contributed by atoms with Gasteiger partial charge >= 0.3 is 5.97 Å². The normalized spacial score (nSPS) is 13.0. The van der Waals surface area contributed by atoms with E-state index in [1.54, 1.807) is 0 Å². The van der Waals surface area contributed by atoms with Gasteiger partial charge < -0.3 is 5.11 Å². The van der Waals surface area contributed by atoms with Crippen molar-refractivity contribution in [3.8, 4) is 0 Å². The monoisotopic (exact) mass is 271 g/mol. The van der Waals surface area contributed by atoms with E-state index in [4.69, 9.17) is 5.11 Å². The highest BCUT2D eigenvalue weighted by atomic mass is 32.2. The molecule has 0 aliphatic heterocycles. The second-order valence-corrected chi connectivity index (χ2v) is 5.88. The number of non-ortho nitro benzene ring substituents is 1. The summed E-state index contributed by atoms with van der Waals surface area (Å²) in [5.41, 5.74) is -1.19. The molecule has 98 valence electrons. The van der Waals surface area contributed by atoms with Crippen molar-refractivity contribution in [2.24, 2.45) is 5.41 Å². The van der Waals surface area contributed by atoms with Gasteiger partial charge in [0.2, 0.25) is 0 Å². The lowest BCUT2D eigenvalue weighted by molar-refractivity contribution is -0.384. The molecule has 1 unspecified atom stereocenters. The fourth-order valence-corrected chi connectivity index (χ4v) is 2.58. The van der Waals surface area contributed by atoms with E-state index >= 15 is 0 Å². The van der Waals surface area contributed by atoms with Gasteiger partial charge in [-0.3, -0.25) is 19.1 Å². The second-order valence-electron chi connectivity index (χ2n) is 4.43. The molecule has 1 N–H and O–H groups in total. The summed E-state index contributed by atoms with van der Waals surface area (Å²) < 4.78 is 11.9. The van der Waals surface area contributed by atoms with Crippen molar-refractivity contribution in [2.45, 2.75) is 18.7 Å². The molecule has 0 heterocycles. The Morgan fingerprint density at radius 2 is 1.89 bits per heavy atom. The van der Waals surface area contributed by atoms with Crippen molar-refractivity contribution < 1.29 is 19.0 Å². The molecule has 6 nitrogen and oxygen atoms in total. The maximum Gasteiger partial charge on any atom is 0.310 e. The van der Waals surface area contributed by atoms with Crippen molar-refractivity contribution in [1.82, 2.24) is 0 Å². The SMILES string of the molecule is CC(C)(CS(=O)c1ccc([N+](=O)[O-])cc1)C(=O)O. The number of benzene rings is 1. The predicted octanol–water partition coefficient (Wildman–Crippen LogP) is 1.81. The molecule has 0 aliphatic carbocycles. The number of hydrogen-bond acceptors (Lipinski definition) is 4. The summed E-state index contributed by atoms with van der Waals surface area (Å²) in [6.45, 7) is 2.97. The van der Waals surface area contributed by atoms with E-state index in [9.17, 15) is 19.1 Å². The first-order valence-corrected chi connectivity index (χ1v) is 6.42. The molecule has 0 aliphatic rings. The van der Waals surface area contributed by atoms with Gasteiger partial charge in [0, 0.05) is 22.8 Å². The van der Waals surface area contributed by atoms with Crippen LogP contribution in [0.15, 0.2) is 29.2 Å². The van der Waals surface area contributed by atoms with Gasteiger partial charge in [-0.1, -0.05) is 0 Å². The van der Waals surface area contributed by atoms with E-state index in [-0.39, 0.29) is 11.4 Å². The van der Waals surface area contributed by atoms with Crippen molar-refractivity contribution in [1.29, 1.82) is 0 Å². The van der Waals surface area contributed by atoms with Crippen LogP contribution in [0.4, 0.5) is 5.69 Å². The molecule has 1 atom stereocenters. The average Bonchev–Trinajstić information content (AvgIpc) is 2.28. The van der Waals surface area contributed by atoms with E-state index < -0.39 is 27.1 Å². The van der Waals surface area contributed by atoms with E-state index in [1.807, 2.05) is 0 Å².